The first-order valence-corrected chi connectivity index (χ1v) is 7.73. The summed E-state index contributed by atoms with van der Waals surface area (Å²) in [7, 11) is 0. The minimum atomic E-state index is -0.417. The first kappa shape index (κ1) is 15.5. The van der Waals surface area contributed by atoms with Crippen LogP contribution in [-0.4, -0.2) is 5.78 Å². The fraction of sp³-hybridized carbons (Fsp3) is 0.350. The van der Waals surface area contributed by atoms with E-state index < -0.39 is 5.41 Å². The molecule has 110 valence electrons. The van der Waals surface area contributed by atoms with Crippen LogP contribution in [0.2, 0.25) is 0 Å². The van der Waals surface area contributed by atoms with Gasteiger partial charge >= 0.3 is 0 Å². The van der Waals surface area contributed by atoms with Crippen LogP contribution in [0.1, 0.15) is 53.7 Å². The normalized spacial score (nSPS) is 11.4. The molecule has 2 rings (SSSR count). The van der Waals surface area contributed by atoms with Gasteiger partial charge in [0.05, 0.1) is 5.41 Å². The quantitative estimate of drug-likeness (QED) is 0.684. The summed E-state index contributed by atoms with van der Waals surface area (Å²) in [5.41, 5.74) is 3.85. The van der Waals surface area contributed by atoms with Gasteiger partial charge in [-0.15, -0.1) is 0 Å². The lowest BCUT2D eigenvalue weighted by atomic mass is 9.70. The minimum absolute atomic E-state index is 0.250. The van der Waals surface area contributed by atoms with Crippen molar-refractivity contribution in [3.05, 3.63) is 70.8 Å². The topological polar surface area (TPSA) is 17.1 Å². The van der Waals surface area contributed by atoms with Gasteiger partial charge < -0.3 is 0 Å². The van der Waals surface area contributed by atoms with Crippen LogP contribution in [0.5, 0.6) is 0 Å². The first-order valence-electron chi connectivity index (χ1n) is 7.73. The molecule has 2 aromatic rings. The molecular formula is C20H24O. The molecule has 0 aliphatic rings. The van der Waals surface area contributed by atoms with Crippen molar-refractivity contribution in [2.24, 2.45) is 0 Å². The monoisotopic (exact) mass is 280 g/mol. The third kappa shape index (κ3) is 2.65. The molecule has 0 amide bonds. The first-order chi connectivity index (χ1) is 10.1. The zero-order valence-electron chi connectivity index (χ0n) is 13.4. The van der Waals surface area contributed by atoms with Crippen LogP contribution < -0.4 is 0 Å². The van der Waals surface area contributed by atoms with Crippen LogP contribution in [0, 0.1) is 13.8 Å². The highest BCUT2D eigenvalue weighted by atomic mass is 16.1. The molecule has 0 unspecified atom stereocenters. The molecule has 0 aromatic heterocycles. The van der Waals surface area contributed by atoms with E-state index in [-0.39, 0.29) is 5.78 Å². The predicted molar refractivity (Wildman–Crippen MR) is 88.9 cm³/mol. The molecule has 0 N–H and O–H groups in total. The molecule has 0 heterocycles. The van der Waals surface area contributed by atoms with Gasteiger partial charge in [0, 0.05) is 5.56 Å². The second kappa shape index (κ2) is 6.26. The lowest BCUT2D eigenvalue weighted by molar-refractivity contribution is 0.0872. The number of carbonyl (C=O) groups excluding carboxylic acids is 1. The van der Waals surface area contributed by atoms with Gasteiger partial charge in [-0.3, -0.25) is 4.79 Å². The molecule has 0 fully saturated rings. The Labute approximate surface area is 128 Å². The smallest absolute Gasteiger partial charge is 0.173 e. The molecule has 0 bridgehead atoms. The van der Waals surface area contributed by atoms with Gasteiger partial charge in [-0.1, -0.05) is 62.4 Å². The van der Waals surface area contributed by atoms with Crippen LogP contribution in [0.3, 0.4) is 0 Å². The molecule has 0 radical (unpaired) electrons. The fourth-order valence-electron chi connectivity index (χ4n) is 3.12. The maximum absolute atomic E-state index is 13.3. The summed E-state index contributed by atoms with van der Waals surface area (Å²) in [6, 6.07) is 16.2. The number of hydrogen-bond donors (Lipinski definition) is 0. The van der Waals surface area contributed by atoms with E-state index in [4.69, 9.17) is 0 Å². The number of hydrogen-bond acceptors (Lipinski definition) is 1. The Kier molecular flexibility index (Phi) is 4.62. The van der Waals surface area contributed by atoms with Gasteiger partial charge in [0.15, 0.2) is 5.78 Å². The predicted octanol–water partition coefficient (Wildman–Crippen LogP) is 5.24. The summed E-state index contributed by atoms with van der Waals surface area (Å²) in [5, 5.41) is 0. The van der Waals surface area contributed by atoms with Gasteiger partial charge in [-0.05, 0) is 43.4 Å². The standard InChI is InChI=1S/C20H24O/c1-5-20(6-2,17-12-8-7-9-13-17)19(21)18-14-10-11-15(3)16(18)4/h7-14H,5-6H2,1-4H3. The third-order valence-electron chi connectivity index (χ3n) is 4.82. The molecule has 0 atom stereocenters. The van der Waals surface area contributed by atoms with E-state index in [1.54, 1.807) is 0 Å². The Bertz CT molecular complexity index is 622. The summed E-state index contributed by atoms with van der Waals surface area (Å²) in [6.45, 7) is 8.33. The van der Waals surface area contributed by atoms with Gasteiger partial charge in [-0.25, -0.2) is 0 Å². The Morgan fingerprint density at radius 3 is 2.10 bits per heavy atom. The third-order valence-corrected chi connectivity index (χ3v) is 4.82. The summed E-state index contributed by atoms with van der Waals surface area (Å²) < 4.78 is 0. The average molecular weight is 280 g/mol. The van der Waals surface area contributed by atoms with Crippen molar-refractivity contribution in [3.63, 3.8) is 0 Å². The van der Waals surface area contributed by atoms with Crippen molar-refractivity contribution < 1.29 is 4.79 Å². The minimum Gasteiger partial charge on any atom is -0.293 e. The van der Waals surface area contributed by atoms with E-state index in [1.165, 1.54) is 5.56 Å². The molecule has 2 aromatic carbocycles. The van der Waals surface area contributed by atoms with Gasteiger partial charge in [0.2, 0.25) is 0 Å². The number of carbonyl (C=O) groups is 1. The van der Waals surface area contributed by atoms with E-state index in [2.05, 4.69) is 39.0 Å². The van der Waals surface area contributed by atoms with Gasteiger partial charge in [-0.2, -0.15) is 0 Å². The van der Waals surface area contributed by atoms with E-state index in [0.717, 1.165) is 29.5 Å². The number of ketones is 1. The maximum Gasteiger partial charge on any atom is 0.173 e. The Morgan fingerprint density at radius 1 is 0.905 bits per heavy atom. The Balaban J connectivity index is 2.58. The average Bonchev–Trinajstić information content (AvgIpc) is 2.53. The lowest BCUT2D eigenvalue weighted by Gasteiger charge is -2.31. The number of aryl methyl sites for hydroxylation is 1. The van der Waals surface area contributed by atoms with Crippen molar-refractivity contribution in [1.82, 2.24) is 0 Å². The number of Topliss-reactive ketones (excluding diaryl/α,β-unsaturated/α-hetero) is 1. The Hall–Kier alpha value is -1.89. The largest absolute Gasteiger partial charge is 0.293 e. The lowest BCUT2D eigenvalue weighted by Crippen LogP contribution is -2.35. The second-order valence-corrected chi connectivity index (χ2v) is 5.73. The highest BCUT2D eigenvalue weighted by Crippen LogP contribution is 2.36. The van der Waals surface area contributed by atoms with Crippen molar-refractivity contribution in [1.29, 1.82) is 0 Å². The molecule has 1 nitrogen and oxygen atoms in total. The SMILES string of the molecule is CCC(CC)(C(=O)c1cccc(C)c1C)c1ccccc1. The second-order valence-electron chi connectivity index (χ2n) is 5.73. The summed E-state index contributed by atoms with van der Waals surface area (Å²) in [4.78, 5) is 13.3. The highest BCUT2D eigenvalue weighted by molar-refractivity contribution is 6.05. The molecule has 0 aliphatic heterocycles. The number of rotatable bonds is 5. The van der Waals surface area contributed by atoms with Crippen LogP contribution in [-0.2, 0) is 5.41 Å². The molecule has 0 saturated heterocycles. The van der Waals surface area contributed by atoms with E-state index in [9.17, 15) is 4.79 Å². The highest BCUT2D eigenvalue weighted by Gasteiger charge is 2.37. The number of benzene rings is 2. The van der Waals surface area contributed by atoms with Crippen molar-refractivity contribution in [3.8, 4) is 0 Å². The molecule has 0 spiro atoms. The summed E-state index contributed by atoms with van der Waals surface area (Å²) in [6.07, 6.45) is 1.64. The van der Waals surface area contributed by atoms with E-state index >= 15 is 0 Å². The maximum atomic E-state index is 13.3. The molecule has 0 saturated carbocycles. The van der Waals surface area contributed by atoms with Gasteiger partial charge in [0.25, 0.3) is 0 Å². The molecule has 21 heavy (non-hydrogen) atoms. The van der Waals surface area contributed by atoms with Crippen LogP contribution >= 0.6 is 0 Å². The van der Waals surface area contributed by atoms with Crippen molar-refractivity contribution in [2.75, 3.05) is 0 Å². The zero-order valence-corrected chi connectivity index (χ0v) is 13.4. The van der Waals surface area contributed by atoms with E-state index in [0.29, 0.717) is 0 Å². The van der Waals surface area contributed by atoms with E-state index in [1.807, 2.05) is 37.3 Å². The van der Waals surface area contributed by atoms with Crippen LogP contribution in [0.4, 0.5) is 0 Å². The van der Waals surface area contributed by atoms with Crippen LogP contribution in [0.15, 0.2) is 48.5 Å². The van der Waals surface area contributed by atoms with Crippen LogP contribution in [0.25, 0.3) is 0 Å². The molecule has 1 heteroatoms. The zero-order chi connectivity index (χ0) is 15.5. The Morgan fingerprint density at radius 2 is 1.52 bits per heavy atom. The molecular weight excluding hydrogens is 256 g/mol. The summed E-state index contributed by atoms with van der Waals surface area (Å²) >= 11 is 0. The van der Waals surface area contributed by atoms with Gasteiger partial charge in [0.1, 0.15) is 0 Å². The fourth-order valence-corrected chi connectivity index (χ4v) is 3.12. The van der Waals surface area contributed by atoms with Crippen molar-refractivity contribution >= 4 is 5.78 Å². The van der Waals surface area contributed by atoms with Crippen molar-refractivity contribution in [2.45, 2.75) is 46.0 Å². The molecule has 0 aliphatic carbocycles. The summed E-state index contributed by atoms with van der Waals surface area (Å²) in [5.74, 6) is 0.250.